The standard InChI is InChI=1S/C15H25N3O/c1-3-4-5-6-10-19-15-14(16-12-17-15)13-8-7-9-18(2)11-13/h8H,3-7,9-12H2,1-2H3/i3D2,4D2. The van der Waals surface area contributed by atoms with E-state index < -0.39 is 12.7 Å². The van der Waals surface area contributed by atoms with Gasteiger partial charge in [-0.05, 0) is 25.5 Å². The molecule has 0 bridgehead atoms. The van der Waals surface area contributed by atoms with Crippen molar-refractivity contribution in [2.45, 2.75) is 38.9 Å². The first kappa shape index (κ1) is 9.70. The summed E-state index contributed by atoms with van der Waals surface area (Å²) in [6.45, 7) is 3.84. The van der Waals surface area contributed by atoms with Crippen LogP contribution >= 0.6 is 0 Å². The third-order valence-electron chi connectivity index (χ3n) is 3.15. The molecule has 2 heterocycles. The summed E-state index contributed by atoms with van der Waals surface area (Å²) < 4.78 is 36.2. The fraction of sp³-hybridized carbons (Fsp3) is 0.733. The van der Waals surface area contributed by atoms with Crippen LogP contribution in [0.1, 0.15) is 44.4 Å². The highest BCUT2D eigenvalue weighted by Crippen LogP contribution is 2.14. The minimum absolute atomic E-state index is 0.113. The molecule has 4 heteroatoms. The first-order valence-electron chi connectivity index (χ1n) is 8.81. The topological polar surface area (TPSA) is 37.2 Å². The van der Waals surface area contributed by atoms with Crippen LogP contribution in [0.5, 0.6) is 0 Å². The Morgan fingerprint density at radius 2 is 2.32 bits per heavy atom. The van der Waals surface area contributed by atoms with E-state index >= 15 is 0 Å². The predicted octanol–water partition coefficient (Wildman–Crippen LogP) is 2.66. The second-order valence-electron chi connectivity index (χ2n) is 4.75. The molecule has 106 valence electrons. The molecule has 0 fully saturated rings. The van der Waals surface area contributed by atoms with Gasteiger partial charge in [0.15, 0.2) is 0 Å². The predicted molar refractivity (Wildman–Crippen MR) is 80.0 cm³/mol. The quantitative estimate of drug-likeness (QED) is 0.694. The first-order valence-corrected chi connectivity index (χ1v) is 6.81. The highest BCUT2D eigenvalue weighted by Gasteiger charge is 2.22. The van der Waals surface area contributed by atoms with Crippen molar-refractivity contribution < 1.29 is 10.2 Å². The van der Waals surface area contributed by atoms with Crippen molar-refractivity contribution in [2.75, 3.05) is 33.4 Å². The summed E-state index contributed by atoms with van der Waals surface area (Å²) in [7, 11) is 2.07. The zero-order valence-electron chi connectivity index (χ0n) is 15.8. The molecule has 0 radical (unpaired) electrons. The van der Waals surface area contributed by atoms with Crippen LogP contribution in [0.25, 0.3) is 0 Å². The van der Waals surface area contributed by atoms with E-state index in [1.807, 2.05) is 0 Å². The van der Waals surface area contributed by atoms with Gasteiger partial charge in [-0.2, -0.15) is 0 Å². The molecule has 0 unspecified atom stereocenters. The van der Waals surface area contributed by atoms with Gasteiger partial charge in [0, 0.05) is 18.6 Å². The van der Waals surface area contributed by atoms with Gasteiger partial charge < -0.3 is 9.64 Å². The lowest BCUT2D eigenvalue weighted by Gasteiger charge is -2.23. The minimum Gasteiger partial charge on any atom is -0.476 e. The molecule has 4 nitrogen and oxygen atoms in total. The Labute approximate surface area is 121 Å². The van der Waals surface area contributed by atoms with Crippen LogP contribution in [0.2, 0.25) is 0 Å². The Balaban J connectivity index is 1.82. The molecule has 2 aliphatic rings. The van der Waals surface area contributed by atoms with Gasteiger partial charge in [0.2, 0.25) is 5.90 Å². The van der Waals surface area contributed by atoms with Gasteiger partial charge in [0.05, 0.1) is 6.61 Å². The molecule has 0 saturated heterocycles. The Morgan fingerprint density at radius 3 is 3.11 bits per heavy atom. The molecule has 0 N–H and O–H groups in total. The van der Waals surface area contributed by atoms with E-state index in [1.165, 1.54) is 6.92 Å². The lowest BCUT2D eigenvalue weighted by Crippen LogP contribution is -2.31. The third kappa shape index (κ3) is 4.16. The van der Waals surface area contributed by atoms with Crippen molar-refractivity contribution in [3.8, 4) is 0 Å². The van der Waals surface area contributed by atoms with E-state index in [2.05, 4.69) is 28.0 Å². The molecule has 0 amide bonds. The average Bonchev–Trinajstić information content (AvgIpc) is 2.91. The van der Waals surface area contributed by atoms with Gasteiger partial charge in [-0.15, -0.1) is 0 Å². The van der Waals surface area contributed by atoms with Crippen LogP contribution in [-0.2, 0) is 4.74 Å². The summed E-state index contributed by atoms with van der Waals surface area (Å²) in [6, 6.07) is 0. The highest BCUT2D eigenvalue weighted by atomic mass is 16.5. The minimum atomic E-state index is -1.86. The molecule has 0 saturated carbocycles. The van der Waals surface area contributed by atoms with Gasteiger partial charge in [-0.1, -0.05) is 32.2 Å². The lowest BCUT2D eigenvalue weighted by molar-refractivity contribution is 0.298. The number of hydrogen-bond donors (Lipinski definition) is 0. The van der Waals surface area contributed by atoms with Crippen LogP contribution < -0.4 is 0 Å². The third-order valence-corrected chi connectivity index (χ3v) is 3.15. The second kappa shape index (κ2) is 7.43. The van der Waals surface area contributed by atoms with Gasteiger partial charge in [0.25, 0.3) is 0 Å². The zero-order valence-corrected chi connectivity index (χ0v) is 11.8. The Kier molecular flexibility index (Phi) is 3.79. The van der Waals surface area contributed by atoms with Crippen molar-refractivity contribution >= 4 is 11.6 Å². The smallest absolute Gasteiger partial charge is 0.237 e. The molecule has 0 aromatic heterocycles. The number of nitrogens with zero attached hydrogens (tertiary/aromatic N) is 3. The maximum absolute atomic E-state index is 7.76. The van der Waals surface area contributed by atoms with E-state index in [9.17, 15) is 0 Å². The van der Waals surface area contributed by atoms with Gasteiger partial charge >= 0.3 is 0 Å². The van der Waals surface area contributed by atoms with Crippen LogP contribution in [0.4, 0.5) is 0 Å². The van der Waals surface area contributed by atoms with Crippen LogP contribution in [0.15, 0.2) is 21.6 Å². The number of rotatable bonds is 6. The summed E-state index contributed by atoms with van der Waals surface area (Å²) >= 11 is 0. The van der Waals surface area contributed by atoms with Crippen LogP contribution in [0.3, 0.4) is 0 Å². The van der Waals surface area contributed by atoms with Crippen molar-refractivity contribution in [2.24, 2.45) is 9.98 Å². The molecule has 0 aromatic carbocycles. The molecule has 2 aliphatic heterocycles. The number of ether oxygens (including phenoxy) is 1. The lowest BCUT2D eigenvalue weighted by atomic mass is 10.1. The molecule has 0 aliphatic carbocycles. The van der Waals surface area contributed by atoms with Gasteiger partial charge in [-0.3, -0.25) is 4.99 Å². The molecule has 19 heavy (non-hydrogen) atoms. The van der Waals surface area contributed by atoms with Crippen molar-refractivity contribution in [3.05, 3.63) is 11.6 Å². The summed E-state index contributed by atoms with van der Waals surface area (Å²) in [5.41, 5.74) is 1.95. The normalized spacial score (nSPS) is 24.6. The summed E-state index contributed by atoms with van der Waals surface area (Å²) in [5, 5.41) is 0. The van der Waals surface area contributed by atoms with Crippen molar-refractivity contribution in [3.63, 3.8) is 0 Å². The van der Waals surface area contributed by atoms with Crippen LogP contribution in [0, 0.1) is 0 Å². The van der Waals surface area contributed by atoms with Gasteiger partial charge in [-0.25, -0.2) is 4.99 Å². The Morgan fingerprint density at radius 1 is 1.42 bits per heavy atom. The maximum atomic E-state index is 7.76. The van der Waals surface area contributed by atoms with E-state index in [1.54, 1.807) is 0 Å². The van der Waals surface area contributed by atoms with E-state index in [-0.39, 0.29) is 6.42 Å². The molecular weight excluding hydrogens is 238 g/mol. The molecule has 0 aromatic rings. The Bertz CT molecular complexity index is 523. The average molecular weight is 267 g/mol. The van der Waals surface area contributed by atoms with E-state index in [0.717, 1.165) is 30.8 Å². The molecule has 0 atom stereocenters. The van der Waals surface area contributed by atoms with E-state index in [4.69, 9.17) is 10.2 Å². The van der Waals surface area contributed by atoms with Crippen molar-refractivity contribution in [1.82, 2.24) is 4.90 Å². The second-order valence-corrected chi connectivity index (χ2v) is 4.75. The van der Waals surface area contributed by atoms with Crippen molar-refractivity contribution in [1.29, 1.82) is 0 Å². The zero-order chi connectivity index (χ0) is 17.1. The van der Waals surface area contributed by atoms with E-state index in [0.29, 0.717) is 25.6 Å². The maximum Gasteiger partial charge on any atom is 0.237 e. The summed E-state index contributed by atoms with van der Waals surface area (Å²) in [5.74, 6) is 0.534. The number of aliphatic imine (C=N–C) groups is 2. The highest BCUT2D eigenvalue weighted by molar-refractivity contribution is 6.46. The Hall–Kier alpha value is -1.16. The largest absolute Gasteiger partial charge is 0.476 e. The monoisotopic (exact) mass is 267 g/mol. The summed E-state index contributed by atoms with van der Waals surface area (Å²) in [6.07, 6.45) is -0.00808. The fourth-order valence-corrected chi connectivity index (χ4v) is 2.19. The fourth-order valence-electron chi connectivity index (χ4n) is 2.19. The number of likely N-dealkylation sites (N-methyl/N-ethyl adjacent to an activating group) is 1. The first-order chi connectivity index (χ1) is 10.7. The van der Waals surface area contributed by atoms with Crippen LogP contribution in [-0.4, -0.2) is 49.9 Å². The number of hydrogen-bond acceptors (Lipinski definition) is 4. The van der Waals surface area contributed by atoms with Gasteiger partial charge in [0.1, 0.15) is 12.4 Å². The summed E-state index contributed by atoms with van der Waals surface area (Å²) in [4.78, 5) is 10.9. The SMILES string of the molecule is [2H]C([2H])(C)C([2H])([2H])CCCOC1=NCN=C1C1=CCCN(C)C1. The molecular formula is C15H25N3O. The molecule has 0 spiro atoms. The molecule has 2 rings (SSSR count).